The van der Waals surface area contributed by atoms with Crippen LogP contribution in [0.2, 0.25) is 0 Å². The second-order valence-corrected chi connectivity index (χ2v) is 14.5. The number of methoxy groups -OCH3 is 2. The van der Waals surface area contributed by atoms with E-state index < -0.39 is 11.9 Å². The van der Waals surface area contributed by atoms with Crippen molar-refractivity contribution in [2.75, 3.05) is 89.5 Å². The Morgan fingerprint density at radius 2 is 0.931 bits per heavy atom. The quantitative estimate of drug-likeness (QED) is 0.0818. The molecule has 0 amide bonds. The molecular formula is C46H48N6O6. The number of pyridine rings is 2. The summed E-state index contributed by atoms with van der Waals surface area (Å²) in [5.41, 5.74) is 2.90. The van der Waals surface area contributed by atoms with Crippen LogP contribution in [0.15, 0.2) is 97.1 Å². The van der Waals surface area contributed by atoms with Crippen LogP contribution in [0.25, 0.3) is 44.1 Å². The van der Waals surface area contributed by atoms with Gasteiger partial charge in [-0.15, -0.1) is 0 Å². The molecule has 4 heterocycles. The number of esters is 2. The standard InChI is InChI=1S/C46H48N6O6/c1-5-49-19-23-51(24-20-49)43-35-13-9-7-11-31(35)27-39(47-43)37-17-15-33(29-41(37)55-3)57-45(53)46(54)58-34-16-18-38(42(30-34)56-4)40-28-32-12-8-10-14-36(32)44(48-40)52-25-21-50(6-2)22-26-52/h7-18,27-30H,5-6,19-26H2,1-4H3. The van der Waals surface area contributed by atoms with Gasteiger partial charge in [-0.25, -0.2) is 19.6 Å². The van der Waals surface area contributed by atoms with Crippen LogP contribution in [0.5, 0.6) is 23.0 Å². The monoisotopic (exact) mass is 780 g/mol. The van der Waals surface area contributed by atoms with Crippen LogP contribution in [-0.2, 0) is 9.59 Å². The van der Waals surface area contributed by atoms with Gasteiger partial charge in [0, 0.05) is 86.4 Å². The lowest BCUT2D eigenvalue weighted by atomic mass is 10.0. The van der Waals surface area contributed by atoms with Crippen LogP contribution in [0.3, 0.4) is 0 Å². The number of hydrogen-bond acceptors (Lipinski definition) is 12. The Labute approximate surface area is 338 Å². The van der Waals surface area contributed by atoms with Gasteiger partial charge in [0.05, 0.1) is 25.6 Å². The Bertz CT molecular complexity index is 2290. The first-order valence-corrected chi connectivity index (χ1v) is 19.9. The number of anilines is 2. The van der Waals surface area contributed by atoms with Gasteiger partial charge in [0.15, 0.2) is 0 Å². The second kappa shape index (κ2) is 17.1. The molecule has 6 aromatic rings. The number of carbonyl (C=O) groups is 2. The summed E-state index contributed by atoms with van der Waals surface area (Å²) >= 11 is 0. The third kappa shape index (κ3) is 7.98. The summed E-state index contributed by atoms with van der Waals surface area (Å²) in [7, 11) is 3.09. The van der Waals surface area contributed by atoms with Crippen molar-refractivity contribution in [3.8, 4) is 45.5 Å². The highest BCUT2D eigenvalue weighted by atomic mass is 16.6. The van der Waals surface area contributed by atoms with Crippen LogP contribution in [-0.4, -0.2) is 111 Å². The number of ether oxygens (including phenoxy) is 4. The molecule has 8 rings (SSSR count). The average Bonchev–Trinajstić information content (AvgIpc) is 3.28. The SMILES string of the molecule is CCN1CCN(c2nc(-c3ccc(OC(=O)C(=O)Oc4ccc(-c5cc6ccccc6c(N6CCN(CC)CC6)n5)c(OC)c4)cc3OC)cc3ccccc23)CC1. The molecule has 298 valence electrons. The van der Waals surface area contributed by atoms with E-state index in [1.807, 2.05) is 36.4 Å². The molecule has 0 N–H and O–H groups in total. The summed E-state index contributed by atoms with van der Waals surface area (Å²) in [6.07, 6.45) is 0. The second-order valence-electron chi connectivity index (χ2n) is 14.5. The summed E-state index contributed by atoms with van der Waals surface area (Å²) in [6.45, 7) is 13.9. The van der Waals surface area contributed by atoms with Gasteiger partial charge >= 0.3 is 11.9 Å². The fraction of sp³-hybridized carbons (Fsp3) is 0.304. The first-order chi connectivity index (χ1) is 28.3. The lowest BCUT2D eigenvalue weighted by Crippen LogP contribution is -2.46. The fourth-order valence-electron chi connectivity index (χ4n) is 7.86. The number of likely N-dealkylation sites (N-methyl/N-ethyl adjacent to an activating group) is 2. The van der Waals surface area contributed by atoms with Crippen LogP contribution in [0, 0.1) is 0 Å². The Morgan fingerprint density at radius 3 is 1.31 bits per heavy atom. The Hall–Kier alpha value is -6.24. The normalized spacial score (nSPS) is 15.1. The van der Waals surface area contributed by atoms with Crippen LogP contribution in [0.1, 0.15) is 13.8 Å². The van der Waals surface area contributed by atoms with E-state index >= 15 is 0 Å². The van der Waals surface area contributed by atoms with Gasteiger partial charge in [-0.1, -0.05) is 62.4 Å². The summed E-state index contributed by atoms with van der Waals surface area (Å²) in [5, 5.41) is 4.29. The minimum absolute atomic E-state index is 0.126. The Morgan fingerprint density at radius 1 is 0.534 bits per heavy atom. The van der Waals surface area contributed by atoms with Gasteiger partial charge in [-0.3, -0.25) is 0 Å². The lowest BCUT2D eigenvalue weighted by molar-refractivity contribution is -0.156. The van der Waals surface area contributed by atoms with Crippen molar-refractivity contribution in [1.29, 1.82) is 0 Å². The maximum atomic E-state index is 13.1. The Balaban J connectivity index is 0.989. The molecule has 12 nitrogen and oxygen atoms in total. The number of fused-ring (bicyclic) bond motifs is 2. The molecule has 2 aromatic heterocycles. The minimum atomic E-state index is -1.18. The zero-order chi connectivity index (χ0) is 40.2. The summed E-state index contributed by atoms with van der Waals surface area (Å²) in [4.78, 5) is 45.9. The molecule has 0 unspecified atom stereocenters. The van der Waals surface area contributed by atoms with Gasteiger partial charge < -0.3 is 38.5 Å². The molecule has 0 aliphatic carbocycles. The molecule has 4 aromatic carbocycles. The first kappa shape index (κ1) is 38.6. The third-order valence-electron chi connectivity index (χ3n) is 11.2. The lowest BCUT2D eigenvalue weighted by Gasteiger charge is -2.35. The van der Waals surface area contributed by atoms with Gasteiger partial charge in [0.25, 0.3) is 0 Å². The zero-order valence-electron chi connectivity index (χ0n) is 33.4. The van der Waals surface area contributed by atoms with E-state index in [-0.39, 0.29) is 11.5 Å². The minimum Gasteiger partial charge on any atom is -0.496 e. The smallest absolute Gasteiger partial charge is 0.423 e. The van der Waals surface area contributed by atoms with Gasteiger partial charge in [0.2, 0.25) is 0 Å². The van der Waals surface area contributed by atoms with Crippen LogP contribution < -0.4 is 28.7 Å². The van der Waals surface area contributed by atoms with Crippen LogP contribution in [0.4, 0.5) is 11.6 Å². The van der Waals surface area contributed by atoms with Crippen molar-refractivity contribution in [1.82, 2.24) is 19.8 Å². The Kier molecular flexibility index (Phi) is 11.4. The van der Waals surface area contributed by atoms with Crippen molar-refractivity contribution < 1.29 is 28.5 Å². The predicted octanol–water partition coefficient (Wildman–Crippen LogP) is 6.93. The number of nitrogens with zero attached hydrogens (tertiary/aromatic N) is 6. The van der Waals surface area contributed by atoms with Crippen molar-refractivity contribution >= 4 is 45.1 Å². The van der Waals surface area contributed by atoms with Gasteiger partial charge in [-0.2, -0.15) is 0 Å². The molecule has 0 bridgehead atoms. The number of benzene rings is 4. The molecule has 0 atom stereocenters. The highest BCUT2D eigenvalue weighted by molar-refractivity contribution is 6.31. The van der Waals surface area contributed by atoms with E-state index in [0.29, 0.717) is 11.5 Å². The predicted molar refractivity (Wildman–Crippen MR) is 227 cm³/mol. The first-order valence-electron chi connectivity index (χ1n) is 19.9. The van der Waals surface area contributed by atoms with Gasteiger partial charge in [-0.05, 0) is 60.3 Å². The molecule has 12 heteroatoms. The van der Waals surface area contributed by atoms with Crippen molar-refractivity contribution in [3.63, 3.8) is 0 Å². The molecule has 0 radical (unpaired) electrons. The molecule has 58 heavy (non-hydrogen) atoms. The summed E-state index contributed by atoms with van der Waals surface area (Å²) < 4.78 is 22.5. The van der Waals surface area contributed by atoms with E-state index in [9.17, 15) is 9.59 Å². The molecule has 2 aliphatic heterocycles. The van der Waals surface area contributed by atoms with E-state index in [0.717, 1.165) is 121 Å². The van der Waals surface area contributed by atoms with Crippen molar-refractivity contribution in [2.24, 2.45) is 0 Å². The van der Waals surface area contributed by atoms with E-state index in [1.54, 1.807) is 50.6 Å². The largest absolute Gasteiger partial charge is 0.496 e. The van der Waals surface area contributed by atoms with E-state index in [4.69, 9.17) is 28.9 Å². The topological polar surface area (TPSA) is 110 Å². The number of hydrogen-bond donors (Lipinski definition) is 0. The molecule has 0 spiro atoms. The van der Waals surface area contributed by atoms with E-state index in [2.05, 4.69) is 57.7 Å². The molecule has 2 fully saturated rings. The van der Waals surface area contributed by atoms with Crippen LogP contribution >= 0.6 is 0 Å². The van der Waals surface area contributed by atoms with Crippen molar-refractivity contribution in [2.45, 2.75) is 13.8 Å². The molecule has 2 saturated heterocycles. The fourth-order valence-corrected chi connectivity index (χ4v) is 7.86. The number of piperazine rings is 2. The molecular weight excluding hydrogens is 733 g/mol. The van der Waals surface area contributed by atoms with Gasteiger partial charge in [0.1, 0.15) is 34.6 Å². The van der Waals surface area contributed by atoms with E-state index in [1.165, 1.54) is 0 Å². The highest BCUT2D eigenvalue weighted by Gasteiger charge is 2.25. The highest BCUT2D eigenvalue weighted by Crippen LogP contribution is 2.38. The maximum absolute atomic E-state index is 13.1. The molecule has 2 aliphatic rings. The summed E-state index contributed by atoms with van der Waals surface area (Å²) in [5.74, 6) is 0.622. The zero-order valence-corrected chi connectivity index (χ0v) is 33.4. The maximum Gasteiger partial charge on any atom is 0.423 e. The average molecular weight is 781 g/mol. The number of rotatable bonds is 10. The van der Waals surface area contributed by atoms with Crippen molar-refractivity contribution in [3.05, 3.63) is 97.1 Å². The molecule has 0 saturated carbocycles. The summed E-state index contributed by atoms with van der Waals surface area (Å²) in [6, 6.07) is 30.5. The third-order valence-corrected chi connectivity index (χ3v) is 11.2. The number of aromatic nitrogens is 2. The number of carbonyl (C=O) groups excluding carboxylic acids is 2.